The molecule has 3 nitrogen and oxygen atoms in total. The molecule has 2 aromatic carbocycles. The molecule has 0 aliphatic heterocycles. The molecule has 0 spiro atoms. The average molecular weight is 605 g/mol. The first-order valence-corrected chi connectivity index (χ1v) is 17.6. The molecule has 0 aliphatic carbocycles. The number of rotatable bonds is 18. The van der Waals surface area contributed by atoms with Crippen LogP contribution in [0, 0.1) is 11.8 Å². The third-order valence-electron chi connectivity index (χ3n) is 10.7. The van der Waals surface area contributed by atoms with E-state index in [1.165, 1.54) is 17.2 Å². The van der Waals surface area contributed by atoms with Gasteiger partial charge in [-0.05, 0) is 70.6 Å². The lowest BCUT2D eigenvalue weighted by Crippen LogP contribution is -2.28. The van der Waals surface area contributed by atoms with Crippen LogP contribution >= 0.6 is 0 Å². The highest BCUT2D eigenvalue weighted by molar-refractivity contribution is 5.84. The van der Waals surface area contributed by atoms with E-state index < -0.39 is 5.97 Å². The van der Waals surface area contributed by atoms with Crippen LogP contribution in [0.5, 0.6) is 11.5 Å². The average Bonchev–Trinajstić information content (AvgIpc) is 2.99. The molecule has 2 rings (SSSR count). The number of hydrogen-bond donors (Lipinski definition) is 1. The number of unbranched alkanes of at least 4 members (excludes halogenated alkanes) is 2. The van der Waals surface area contributed by atoms with Gasteiger partial charge in [-0.2, -0.15) is 0 Å². The molecular formula is C41H64O3. The molecule has 0 amide bonds. The van der Waals surface area contributed by atoms with E-state index >= 15 is 0 Å². The Morgan fingerprint density at radius 2 is 1.23 bits per heavy atom. The summed E-state index contributed by atoms with van der Waals surface area (Å²) >= 11 is 0. The molecule has 0 fully saturated rings. The van der Waals surface area contributed by atoms with Gasteiger partial charge in [-0.1, -0.05) is 146 Å². The van der Waals surface area contributed by atoms with E-state index in [9.17, 15) is 9.90 Å². The van der Waals surface area contributed by atoms with Crippen molar-refractivity contribution in [2.24, 2.45) is 11.8 Å². The largest absolute Gasteiger partial charge is 0.507 e. The fourth-order valence-corrected chi connectivity index (χ4v) is 6.53. The Balaban J connectivity index is 2.96. The topological polar surface area (TPSA) is 46.5 Å². The second-order valence-electron chi connectivity index (χ2n) is 14.5. The van der Waals surface area contributed by atoms with Crippen molar-refractivity contribution in [1.29, 1.82) is 0 Å². The minimum absolute atomic E-state index is 0.0526. The zero-order valence-corrected chi connectivity index (χ0v) is 30.2. The number of aromatic hydroxyl groups is 1. The molecule has 3 atom stereocenters. The summed E-state index contributed by atoms with van der Waals surface area (Å²) in [4.78, 5) is 12.8. The lowest BCUT2D eigenvalue weighted by molar-refractivity contribution is -0.129. The summed E-state index contributed by atoms with van der Waals surface area (Å²) in [7, 11) is 0. The fourth-order valence-electron chi connectivity index (χ4n) is 6.53. The van der Waals surface area contributed by atoms with E-state index in [1.807, 2.05) is 0 Å². The second kappa shape index (κ2) is 16.7. The molecule has 2 aromatic rings. The fraction of sp³-hybridized carbons (Fsp3) is 0.634. The molecule has 246 valence electrons. The molecule has 0 aromatic heterocycles. The Morgan fingerprint density at radius 3 is 1.68 bits per heavy atom. The Bertz CT molecular complexity index is 1230. The predicted molar refractivity (Wildman–Crippen MR) is 189 cm³/mol. The van der Waals surface area contributed by atoms with Crippen LogP contribution in [-0.2, 0) is 28.5 Å². The molecule has 44 heavy (non-hydrogen) atoms. The van der Waals surface area contributed by atoms with Crippen molar-refractivity contribution in [3.63, 3.8) is 0 Å². The first kappa shape index (κ1) is 37.6. The van der Waals surface area contributed by atoms with Crippen LogP contribution in [0.3, 0.4) is 0 Å². The molecule has 0 heterocycles. The second-order valence-corrected chi connectivity index (χ2v) is 14.5. The van der Waals surface area contributed by atoms with Crippen LogP contribution in [0.2, 0.25) is 0 Å². The molecule has 0 aliphatic rings. The number of esters is 1. The van der Waals surface area contributed by atoms with Gasteiger partial charge in [-0.3, -0.25) is 0 Å². The van der Waals surface area contributed by atoms with Crippen LogP contribution in [0.15, 0.2) is 36.9 Å². The highest BCUT2D eigenvalue weighted by atomic mass is 16.5. The van der Waals surface area contributed by atoms with E-state index in [1.54, 1.807) is 0 Å². The van der Waals surface area contributed by atoms with E-state index in [2.05, 4.69) is 107 Å². The number of aryl methyl sites for hydroxylation is 2. The van der Waals surface area contributed by atoms with Gasteiger partial charge in [0.2, 0.25) is 0 Å². The van der Waals surface area contributed by atoms with Crippen LogP contribution < -0.4 is 4.74 Å². The molecule has 0 saturated carbocycles. The quantitative estimate of drug-likeness (QED) is 0.105. The molecule has 0 saturated heterocycles. The van der Waals surface area contributed by atoms with E-state index in [0.717, 1.165) is 86.5 Å². The van der Waals surface area contributed by atoms with Crippen molar-refractivity contribution < 1.29 is 14.6 Å². The van der Waals surface area contributed by atoms with Crippen molar-refractivity contribution in [3.8, 4) is 11.5 Å². The lowest BCUT2D eigenvalue weighted by Gasteiger charge is -2.35. The summed E-state index contributed by atoms with van der Waals surface area (Å²) in [5.74, 6) is 1.37. The number of ether oxygens (including phenoxy) is 1. The number of phenols is 1. The normalized spacial score (nSPS) is 14.2. The van der Waals surface area contributed by atoms with Crippen molar-refractivity contribution in [2.75, 3.05) is 0 Å². The van der Waals surface area contributed by atoms with Crippen LogP contribution in [0.1, 0.15) is 167 Å². The van der Waals surface area contributed by atoms with E-state index in [4.69, 9.17) is 4.74 Å². The van der Waals surface area contributed by atoms with Gasteiger partial charge in [0.05, 0.1) is 0 Å². The molecule has 1 N–H and O–H groups in total. The van der Waals surface area contributed by atoms with Gasteiger partial charge in [-0.25, -0.2) is 4.79 Å². The van der Waals surface area contributed by atoms with Crippen LogP contribution in [0.25, 0.3) is 0 Å². The molecule has 0 bridgehead atoms. The number of phenolic OH excluding ortho intramolecular Hbond substituents is 1. The van der Waals surface area contributed by atoms with Gasteiger partial charge in [0.25, 0.3) is 0 Å². The number of benzene rings is 2. The monoisotopic (exact) mass is 604 g/mol. The van der Waals surface area contributed by atoms with Gasteiger partial charge < -0.3 is 9.84 Å². The van der Waals surface area contributed by atoms with Gasteiger partial charge in [0, 0.05) is 23.1 Å². The van der Waals surface area contributed by atoms with Crippen molar-refractivity contribution >= 4 is 5.97 Å². The van der Waals surface area contributed by atoms with E-state index in [0.29, 0.717) is 23.3 Å². The molecular weight excluding hydrogens is 540 g/mol. The van der Waals surface area contributed by atoms with Crippen molar-refractivity contribution in [1.82, 2.24) is 0 Å². The maximum absolute atomic E-state index is 12.8. The maximum Gasteiger partial charge on any atom is 0.335 e. The van der Waals surface area contributed by atoms with Crippen LogP contribution in [0.4, 0.5) is 0 Å². The standard InChI is InChI=1S/C41H64O3/c1-13-18-22-31-24-33(40(9,10)28(6)20-15-3)26-35(38(31)43)30(8)36-27-34(41(11,12)29(7)21-16-4)25-32(23-19-14-2)39(36)44-37(42)17-5/h17,24-30,43H,5,13-16,18-23H2,1-4,6-12H3. The predicted octanol–water partition coefficient (Wildman–Crippen LogP) is 11.7. The molecule has 3 heteroatoms. The van der Waals surface area contributed by atoms with Crippen molar-refractivity contribution in [3.05, 3.63) is 70.3 Å². The number of carbonyl (C=O) groups is 1. The minimum Gasteiger partial charge on any atom is -0.507 e. The highest BCUT2D eigenvalue weighted by Gasteiger charge is 2.33. The first-order valence-electron chi connectivity index (χ1n) is 17.6. The number of carbonyl (C=O) groups excluding carboxylic acids is 1. The van der Waals surface area contributed by atoms with Gasteiger partial charge in [0.15, 0.2) is 0 Å². The zero-order valence-electron chi connectivity index (χ0n) is 30.2. The Labute approximate surface area is 270 Å². The summed E-state index contributed by atoms with van der Waals surface area (Å²) in [6.45, 7) is 28.8. The molecule has 3 unspecified atom stereocenters. The van der Waals surface area contributed by atoms with Gasteiger partial charge in [-0.15, -0.1) is 0 Å². The summed E-state index contributed by atoms with van der Waals surface area (Å²) in [6.07, 6.45) is 11.6. The lowest BCUT2D eigenvalue weighted by atomic mass is 9.70. The van der Waals surface area contributed by atoms with E-state index in [-0.39, 0.29) is 16.7 Å². The zero-order chi connectivity index (χ0) is 33.2. The Hall–Kier alpha value is -2.55. The Kier molecular flexibility index (Phi) is 14.3. The minimum atomic E-state index is -0.446. The summed E-state index contributed by atoms with van der Waals surface area (Å²) in [5.41, 5.74) is 6.39. The number of hydrogen-bond acceptors (Lipinski definition) is 3. The molecule has 0 radical (unpaired) electrons. The summed E-state index contributed by atoms with van der Waals surface area (Å²) in [5, 5.41) is 11.9. The first-order chi connectivity index (χ1) is 20.7. The smallest absolute Gasteiger partial charge is 0.335 e. The summed E-state index contributed by atoms with van der Waals surface area (Å²) in [6, 6.07) is 9.04. The SMILES string of the molecule is C=CC(=O)Oc1c(CCCC)cc(C(C)(C)C(C)CCC)cc1C(C)c1cc(C(C)(C)C(C)CCC)cc(CCCC)c1O. The third kappa shape index (κ3) is 8.79. The summed E-state index contributed by atoms with van der Waals surface area (Å²) < 4.78 is 6.11. The Morgan fingerprint density at radius 1 is 0.773 bits per heavy atom. The highest BCUT2D eigenvalue weighted by Crippen LogP contribution is 2.46. The maximum atomic E-state index is 12.8. The van der Waals surface area contributed by atoms with Gasteiger partial charge >= 0.3 is 5.97 Å². The third-order valence-corrected chi connectivity index (χ3v) is 10.7. The van der Waals surface area contributed by atoms with Crippen molar-refractivity contribution in [2.45, 2.75) is 157 Å². The van der Waals surface area contributed by atoms with Crippen LogP contribution in [-0.4, -0.2) is 11.1 Å². The van der Waals surface area contributed by atoms with Gasteiger partial charge in [0.1, 0.15) is 11.5 Å².